The first-order valence-electron chi connectivity index (χ1n) is 10.4. The van der Waals surface area contributed by atoms with Crippen molar-refractivity contribution < 1.29 is 0 Å². The van der Waals surface area contributed by atoms with Gasteiger partial charge in [-0.2, -0.15) is 5.10 Å². The Bertz CT molecular complexity index is 872. The van der Waals surface area contributed by atoms with Gasteiger partial charge in [0, 0.05) is 42.3 Å². The molecule has 4 heteroatoms. The van der Waals surface area contributed by atoms with E-state index in [9.17, 15) is 0 Å². The normalized spacial score (nSPS) is 22.3. The van der Waals surface area contributed by atoms with E-state index in [1.165, 1.54) is 30.4 Å². The summed E-state index contributed by atoms with van der Waals surface area (Å²) in [6, 6.07) is 15.2. The Labute approximate surface area is 168 Å². The molecular weight excluding hydrogens is 344 g/mol. The maximum Gasteiger partial charge on any atom is 0.0983 e. The van der Waals surface area contributed by atoms with E-state index in [0.717, 1.165) is 36.2 Å². The van der Waals surface area contributed by atoms with Crippen LogP contribution in [0.25, 0.3) is 11.3 Å². The molecule has 0 saturated heterocycles. The third kappa shape index (κ3) is 4.33. The van der Waals surface area contributed by atoms with Crippen LogP contribution in [0.3, 0.4) is 0 Å². The van der Waals surface area contributed by atoms with E-state index in [2.05, 4.69) is 71.4 Å². The predicted molar refractivity (Wildman–Crippen MR) is 114 cm³/mol. The van der Waals surface area contributed by atoms with Crippen molar-refractivity contribution in [3.05, 3.63) is 72.2 Å². The van der Waals surface area contributed by atoms with Crippen molar-refractivity contribution >= 4 is 0 Å². The maximum atomic E-state index is 4.91. The molecule has 1 saturated carbocycles. The summed E-state index contributed by atoms with van der Waals surface area (Å²) in [6.07, 6.45) is 9.86. The van der Waals surface area contributed by atoms with Crippen molar-refractivity contribution in [1.29, 1.82) is 0 Å². The summed E-state index contributed by atoms with van der Waals surface area (Å²) in [6.45, 7) is 6.41. The van der Waals surface area contributed by atoms with Crippen LogP contribution < -0.4 is 5.32 Å². The molecule has 4 nitrogen and oxygen atoms in total. The molecule has 1 N–H and O–H groups in total. The number of nitrogens with one attached hydrogen (secondary N) is 1. The summed E-state index contributed by atoms with van der Waals surface area (Å²) < 4.78 is 2.06. The molecule has 1 aromatic carbocycles. The Morgan fingerprint density at radius 1 is 1.07 bits per heavy atom. The highest BCUT2D eigenvalue weighted by Gasteiger charge is 2.27. The van der Waals surface area contributed by atoms with Gasteiger partial charge < -0.3 is 5.32 Å². The fourth-order valence-electron chi connectivity index (χ4n) is 4.30. The van der Waals surface area contributed by atoms with Gasteiger partial charge >= 0.3 is 0 Å². The number of rotatable bonds is 6. The Hall–Kier alpha value is -2.46. The number of aromatic nitrogens is 3. The number of nitrogens with zero attached hydrogens (tertiary/aromatic N) is 3. The SMILES string of the molecule is CC1CCCC(NCc2cn(Cc3ccccc3)nc2-c2cccnc2)C1C. The highest BCUT2D eigenvalue weighted by molar-refractivity contribution is 5.61. The van der Waals surface area contributed by atoms with E-state index in [0.29, 0.717) is 6.04 Å². The van der Waals surface area contributed by atoms with E-state index >= 15 is 0 Å². The van der Waals surface area contributed by atoms with Gasteiger partial charge in [0.1, 0.15) is 0 Å². The smallest absolute Gasteiger partial charge is 0.0983 e. The zero-order chi connectivity index (χ0) is 19.3. The maximum absolute atomic E-state index is 4.91. The molecule has 1 aliphatic rings. The first kappa shape index (κ1) is 18.9. The van der Waals surface area contributed by atoms with Gasteiger partial charge in [0.15, 0.2) is 0 Å². The van der Waals surface area contributed by atoms with Crippen molar-refractivity contribution in [2.45, 2.75) is 52.2 Å². The number of benzene rings is 1. The van der Waals surface area contributed by atoms with Gasteiger partial charge in [0.05, 0.1) is 12.2 Å². The second kappa shape index (κ2) is 8.70. The molecule has 28 heavy (non-hydrogen) atoms. The lowest BCUT2D eigenvalue weighted by molar-refractivity contribution is 0.206. The molecule has 2 heterocycles. The lowest BCUT2D eigenvalue weighted by Gasteiger charge is -2.34. The minimum atomic E-state index is 0.586. The lowest BCUT2D eigenvalue weighted by Crippen LogP contribution is -2.40. The summed E-state index contributed by atoms with van der Waals surface area (Å²) in [4.78, 5) is 4.30. The van der Waals surface area contributed by atoms with E-state index in [-0.39, 0.29) is 0 Å². The van der Waals surface area contributed by atoms with Crippen LogP contribution in [-0.4, -0.2) is 20.8 Å². The van der Waals surface area contributed by atoms with Gasteiger partial charge in [-0.05, 0) is 36.0 Å². The van der Waals surface area contributed by atoms with Crippen LogP contribution in [0.5, 0.6) is 0 Å². The molecule has 0 amide bonds. The van der Waals surface area contributed by atoms with Crippen LogP contribution >= 0.6 is 0 Å². The van der Waals surface area contributed by atoms with Gasteiger partial charge in [-0.1, -0.05) is 57.0 Å². The van der Waals surface area contributed by atoms with Gasteiger partial charge in [0.25, 0.3) is 0 Å². The summed E-state index contributed by atoms with van der Waals surface area (Å²) in [5, 5.41) is 8.74. The number of hydrogen-bond donors (Lipinski definition) is 1. The molecule has 4 rings (SSSR count). The zero-order valence-corrected chi connectivity index (χ0v) is 16.9. The molecule has 3 unspecified atom stereocenters. The quantitative estimate of drug-likeness (QED) is 0.667. The summed E-state index contributed by atoms with van der Waals surface area (Å²) >= 11 is 0. The van der Waals surface area contributed by atoms with E-state index in [1.807, 2.05) is 18.5 Å². The third-order valence-electron chi connectivity index (χ3n) is 6.22. The van der Waals surface area contributed by atoms with Crippen LogP contribution in [0.1, 0.15) is 44.2 Å². The highest BCUT2D eigenvalue weighted by Crippen LogP contribution is 2.30. The van der Waals surface area contributed by atoms with Crippen LogP contribution in [0.2, 0.25) is 0 Å². The van der Waals surface area contributed by atoms with Gasteiger partial charge in [-0.15, -0.1) is 0 Å². The monoisotopic (exact) mass is 374 g/mol. The Balaban J connectivity index is 1.56. The van der Waals surface area contributed by atoms with E-state index < -0.39 is 0 Å². The van der Waals surface area contributed by atoms with Gasteiger partial charge in [-0.3, -0.25) is 9.67 Å². The second-order valence-electron chi connectivity index (χ2n) is 8.18. The van der Waals surface area contributed by atoms with Crippen molar-refractivity contribution in [2.75, 3.05) is 0 Å². The minimum Gasteiger partial charge on any atom is -0.310 e. The summed E-state index contributed by atoms with van der Waals surface area (Å²) in [5.74, 6) is 1.51. The molecule has 0 spiro atoms. The number of pyridine rings is 1. The average molecular weight is 375 g/mol. The first-order chi connectivity index (χ1) is 13.7. The highest BCUT2D eigenvalue weighted by atomic mass is 15.3. The fourth-order valence-corrected chi connectivity index (χ4v) is 4.30. The minimum absolute atomic E-state index is 0.586. The first-order valence-corrected chi connectivity index (χ1v) is 10.4. The summed E-state index contributed by atoms with van der Waals surface area (Å²) in [5.41, 5.74) is 4.62. The van der Waals surface area contributed by atoms with Gasteiger partial charge in [0.2, 0.25) is 0 Å². The van der Waals surface area contributed by atoms with Crippen molar-refractivity contribution in [3.8, 4) is 11.3 Å². The zero-order valence-electron chi connectivity index (χ0n) is 16.9. The van der Waals surface area contributed by atoms with Crippen LogP contribution in [-0.2, 0) is 13.1 Å². The van der Waals surface area contributed by atoms with E-state index in [4.69, 9.17) is 5.10 Å². The topological polar surface area (TPSA) is 42.7 Å². The average Bonchev–Trinajstić information content (AvgIpc) is 3.13. The fraction of sp³-hybridized carbons (Fsp3) is 0.417. The molecule has 146 valence electrons. The van der Waals surface area contributed by atoms with Crippen LogP contribution in [0, 0.1) is 11.8 Å². The molecule has 0 radical (unpaired) electrons. The standard InChI is InChI=1S/C24H30N4/c1-18-8-6-12-23(19(18)2)26-15-22-17-28(16-20-9-4-3-5-10-20)27-24(22)21-11-7-13-25-14-21/h3-5,7,9-11,13-14,17-19,23,26H,6,8,12,15-16H2,1-2H3. The largest absolute Gasteiger partial charge is 0.310 e. The Kier molecular flexibility index (Phi) is 5.87. The second-order valence-corrected chi connectivity index (χ2v) is 8.18. The van der Waals surface area contributed by atoms with Crippen molar-refractivity contribution in [1.82, 2.24) is 20.1 Å². The Morgan fingerprint density at radius 3 is 2.71 bits per heavy atom. The van der Waals surface area contributed by atoms with Crippen LogP contribution in [0.4, 0.5) is 0 Å². The molecule has 1 fully saturated rings. The van der Waals surface area contributed by atoms with Gasteiger partial charge in [-0.25, -0.2) is 0 Å². The number of hydrogen-bond acceptors (Lipinski definition) is 3. The summed E-state index contributed by atoms with van der Waals surface area (Å²) in [7, 11) is 0. The molecule has 3 atom stereocenters. The molecular formula is C24H30N4. The molecule has 1 aliphatic carbocycles. The third-order valence-corrected chi connectivity index (χ3v) is 6.22. The van der Waals surface area contributed by atoms with E-state index in [1.54, 1.807) is 0 Å². The van der Waals surface area contributed by atoms with Crippen molar-refractivity contribution in [2.24, 2.45) is 11.8 Å². The molecule has 2 aromatic heterocycles. The lowest BCUT2D eigenvalue weighted by atomic mass is 9.78. The Morgan fingerprint density at radius 2 is 1.93 bits per heavy atom. The van der Waals surface area contributed by atoms with Crippen molar-refractivity contribution in [3.63, 3.8) is 0 Å². The molecule has 0 bridgehead atoms. The predicted octanol–water partition coefficient (Wildman–Crippen LogP) is 4.91. The molecule has 3 aromatic rings. The molecule has 0 aliphatic heterocycles. The van der Waals surface area contributed by atoms with Crippen LogP contribution in [0.15, 0.2) is 61.1 Å².